The second-order valence-corrected chi connectivity index (χ2v) is 4.13. The van der Waals surface area contributed by atoms with Crippen LogP contribution in [0.3, 0.4) is 0 Å². The van der Waals surface area contributed by atoms with Gasteiger partial charge in [-0.25, -0.2) is 4.98 Å². The third-order valence-electron chi connectivity index (χ3n) is 2.64. The maximum atomic E-state index is 5.56. The Kier molecular flexibility index (Phi) is 4.76. The minimum absolute atomic E-state index is 0.0437. The van der Waals surface area contributed by atoms with Gasteiger partial charge in [0.05, 0.1) is 6.61 Å². The van der Waals surface area contributed by atoms with Crippen molar-refractivity contribution in [2.45, 2.75) is 32.5 Å². The van der Waals surface area contributed by atoms with Crippen LogP contribution >= 0.6 is 0 Å². The summed E-state index contributed by atoms with van der Waals surface area (Å²) in [7, 11) is 0. The molecular formula is C13H19NO3. The Morgan fingerprint density at radius 1 is 1.35 bits per heavy atom. The van der Waals surface area contributed by atoms with E-state index in [1.807, 2.05) is 25.1 Å². The topological polar surface area (TPSA) is 40.6 Å². The van der Waals surface area contributed by atoms with Gasteiger partial charge in [-0.05, 0) is 32.3 Å². The predicted molar refractivity (Wildman–Crippen MR) is 64.0 cm³/mol. The number of hydrogen-bond donors (Lipinski definition) is 0. The highest BCUT2D eigenvalue weighted by molar-refractivity contribution is 5.14. The molecule has 1 aliphatic rings. The average Bonchev–Trinajstić information content (AvgIpc) is 2.36. The van der Waals surface area contributed by atoms with Gasteiger partial charge in [0.2, 0.25) is 5.88 Å². The summed E-state index contributed by atoms with van der Waals surface area (Å²) in [6.45, 7) is 3.81. The molecule has 0 amide bonds. The summed E-state index contributed by atoms with van der Waals surface area (Å²) < 4.78 is 16.5. The highest BCUT2D eigenvalue weighted by atomic mass is 16.7. The van der Waals surface area contributed by atoms with Crippen LogP contribution in [0.5, 0.6) is 5.88 Å². The molecule has 2 heterocycles. The molecule has 2 rings (SSSR count). The Bertz CT molecular complexity index is 337. The fourth-order valence-corrected chi connectivity index (χ4v) is 1.77. The van der Waals surface area contributed by atoms with Crippen molar-refractivity contribution < 1.29 is 14.2 Å². The van der Waals surface area contributed by atoms with Crippen molar-refractivity contribution >= 4 is 0 Å². The van der Waals surface area contributed by atoms with Gasteiger partial charge in [-0.1, -0.05) is 6.07 Å². The molecule has 1 atom stereocenters. The van der Waals surface area contributed by atoms with E-state index < -0.39 is 0 Å². The van der Waals surface area contributed by atoms with E-state index in [0.29, 0.717) is 19.1 Å². The van der Waals surface area contributed by atoms with E-state index >= 15 is 0 Å². The highest BCUT2D eigenvalue weighted by Crippen LogP contribution is 2.13. The quantitative estimate of drug-likeness (QED) is 0.737. The van der Waals surface area contributed by atoms with Crippen molar-refractivity contribution in [2.75, 3.05) is 19.8 Å². The zero-order valence-corrected chi connectivity index (χ0v) is 10.2. The van der Waals surface area contributed by atoms with Gasteiger partial charge in [-0.2, -0.15) is 0 Å². The lowest BCUT2D eigenvalue weighted by atomic mass is 10.2. The monoisotopic (exact) mass is 237 g/mol. The van der Waals surface area contributed by atoms with Crippen LogP contribution in [-0.2, 0) is 9.47 Å². The van der Waals surface area contributed by atoms with Gasteiger partial charge in [0, 0.05) is 18.4 Å². The molecule has 94 valence electrons. The van der Waals surface area contributed by atoms with Gasteiger partial charge in [0.1, 0.15) is 6.61 Å². The van der Waals surface area contributed by atoms with Crippen molar-refractivity contribution in [1.82, 2.24) is 4.98 Å². The first-order valence-corrected chi connectivity index (χ1v) is 6.14. The lowest BCUT2D eigenvalue weighted by molar-refractivity contribution is -0.165. The van der Waals surface area contributed by atoms with Gasteiger partial charge in [0.15, 0.2) is 6.29 Å². The Hall–Kier alpha value is -1.13. The average molecular weight is 237 g/mol. The van der Waals surface area contributed by atoms with Crippen LogP contribution in [0.2, 0.25) is 0 Å². The van der Waals surface area contributed by atoms with Crippen LogP contribution in [0.1, 0.15) is 25.0 Å². The van der Waals surface area contributed by atoms with Crippen LogP contribution < -0.4 is 4.74 Å². The second-order valence-electron chi connectivity index (χ2n) is 4.13. The van der Waals surface area contributed by atoms with E-state index in [0.717, 1.165) is 25.1 Å². The van der Waals surface area contributed by atoms with E-state index in [-0.39, 0.29) is 6.29 Å². The maximum Gasteiger partial charge on any atom is 0.213 e. The zero-order valence-electron chi connectivity index (χ0n) is 10.2. The summed E-state index contributed by atoms with van der Waals surface area (Å²) >= 11 is 0. The van der Waals surface area contributed by atoms with Gasteiger partial charge >= 0.3 is 0 Å². The minimum atomic E-state index is -0.0437. The smallest absolute Gasteiger partial charge is 0.213 e. The molecule has 0 bridgehead atoms. The van der Waals surface area contributed by atoms with Gasteiger partial charge in [-0.3, -0.25) is 0 Å². The number of nitrogens with zero attached hydrogens (tertiary/aromatic N) is 1. The predicted octanol–water partition coefficient (Wildman–Crippen LogP) is 2.31. The molecule has 0 aliphatic carbocycles. The minimum Gasteiger partial charge on any atom is -0.475 e. The van der Waals surface area contributed by atoms with Crippen molar-refractivity contribution in [3.8, 4) is 5.88 Å². The first kappa shape index (κ1) is 12.3. The van der Waals surface area contributed by atoms with Crippen molar-refractivity contribution in [2.24, 2.45) is 0 Å². The first-order chi connectivity index (χ1) is 8.34. The SMILES string of the molecule is Cc1cccc(OCCO[C@@H]2CCCCO2)n1. The number of pyridine rings is 1. The summed E-state index contributed by atoms with van der Waals surface area (Å²) in [6.07, 6.45) is 3.27. The van der Waals surface area contributed by atoms with Gasteiger partial charge < -0.3 is 14.2 Å². The third kappa shape index (κ3) is 4.32. The molecule has 1 fully saturated rings. The molecular weight excluding hydrogens is 218 g/mol. The van der Waals surface area contributed by atoms with E-state index in [9.17, 15) is 0 Å². The molecule has 1 saturated heterocycles. The molecule has 0 aromatic carbocycles. The lowest BCUT2D eigenvalue weighted by Crippen LogP contribution is -2.24. The Labute approximate surface area is 102 Å². The normalized spacial score (nSPS) is 20.2. The Balaban J connectivity index is 1.62. The van der Waals surface area contributed by atoms with E-state index in [1.165, 1.54) is 6.42 Å². The maximum absolute atomic E-state index is 5.56. The molecule has 1 aromatic heterocycles. The molecule has 0 spiro atoms. The number of ether oxygens (including phenoxy) is 3. The Morgan fingerprint density at radius 2 is 2.29 bits per heavy atom. The summed E-state index contributed by atoms with van der Waals surface area (Å²) in [4.78, 5) is 4.25. The summed E-state index contributed by atoms with van der Waals surface area (Å²) in [5, 5.41) is 0. The molecule has 4 heteroatoms. The van der Waals surface area contributed by atoms with E-state index in [1.54, 1.807) is 0 Å². The van der Waals surface area contributed by atoms with Crippen molar-refractivity contribution in [3.05, 3.63) is 23.9 Å². The molecule has 17 heavy (non-hydrogen) atoms. The van der Waals surface area contributed by atoms with Crippen LogP contribution in [0.25, 0.3) is 0 Å². The van der Waals surface area contributed by atoms with Crippen LogP contribution in [0.4, 0.5) is 0 Å². The van der Waals surface area contributed by atoms with E-state index in [2.05, 4.69) is 4.98 Å². The summed E-state index contributed by atoms with van der Waals surface area (Å²) in [5.41, 5.74) is 0.957. The number of aryl methyl sites for hydroxylation is 1. The van der Waals surface area contributed by atoms with E-state index in [4.69, 9.17) is 14.2 Å². The first-order valence-electron chi connectivity index (χ1n) is 6.14. The van der Waals surface area contributed by atoms with Gasteiger partial charge in [0.25, 0.3) is 0 Å². The molecule has 0 radical (unpaired) electrons. The highest BCUT2D eigenvalue weighted by Gasteiger charge is 2.13. The summed E-state index contributed by atoms with van der Waals surface area (Å²) in [5.74, 6) is 0.651. The van der Waals surface area contributed by atoms with Gasteiger partial charge in [-0.15, -0.1) is 0 Å². The fraction of sp³-hybridized carbons (Fsp3) is 0.615. The largest absolute Gasteiger partial charge is 0.475 e. The fourth-order valence-electron chi connectivity index (χ4n) is 1.77. The summed E-state index contributed by atoms with van der Waals surface area (Å²) in [6, 6.07) is 5.73. The number of aromatic nitrogens is 1. The second kappa shape index (κ2) is 6.57. The molecule has 0 saturated carbocycles. The van der Waals surface area contributed by atoms with Crippen molar-refractivity contribution in [1.29, 1.82) is 0 Å². The Morgan fingerprint density at radius 3 is 3.06 bits per heavy atom. The molecule has 1 aliphatic heterocycles. The number of rotatable bonds is 5. The molecule has 1 aromatic rings. The molecule has 0 unspecified atom stereocenters. The molecule has 4 nitrogen and oxygen atoms in total. The lowest BCUT2D eigenvalue weighted by Gasteiger charge is -2.22. The van der Waals surface area contributed by atoms with Crippen LogP contribution in [0.15, 0.2) is 18.2 Å². The standard InChI is InChI=1S/C13H19NO3/c1-11-5-4-6-12(14-11)15-9-10-17-13-7-2-3-8-16-13/h4-6,13H,2-3,7-10H2,1H3/t13-/m1/s1. The third-order valence-corrected chi connectivity index (χ3v) is 2.64. The number of hydrogen-bond acceptors (Lipinski definition) is 4. The van der Waals surface area contributed by atoms with Crippen molar-refractivity contribution in [3.63, 3.8) is 0 Å². The molecule has 0 N–H and O–H groups in total. The van der Waals surface area contributed by atoms with Crippen LogP contribution in [-0.4, -0.2) is 31.1 Å². The zero-order chi connectivity index (χ0) is 11.9. The van der Waals surface area contributed by atoms with Crippen LogP contribution in [0, 0.1) is 6.92 Å².